The minimum absolute atomic E-state index is 0.162. The molecule has 2 unspecified atom stereocenters. The maximum atomic E-state index is 4.75. The summed E-state index contributed by atoms with van der Waals surface area (Å²) in [5.41, 5.74) is 0.538. The summed E-state index contributed by atoms with van der Waals surface area (Å²) >= 11 is 9.49. The number of piperidine rings is 1. The fourth-order valence-electron chi connectivity index (χ4n) is 3.65. The van der Waals surface area contributed by atoms with Crippen molar-refractivity contribution in [1.29, 1.82) is 0 Å². The Morgan fingerprint density at radius 3 is 1.44 bits per heavy atom. The molecule has 2 atom stereocenters. The zero-order chi connectivity index (χ0) is 12.8. The molecule has 0 aromatic rings. The van der Waals surface area contributed by atoms with Gasteiger partial charge in [-0.1, -0.05) is 13.8 Å². The number of hydrogen-bond acceptors (Lipinski definition) is 3. The molecule has 0 aromatic heterocycles. The highest BCUT2D eigenvalue weighted by Gasteiger charge is 2.50. The molecular weight excluding hydrogens is 234 g/mol. The summed E-state index contributed by atoms with van der Waals surface area (Å²) in [6.07, 6.45) is 2.28. The third-order valence-electron chi connectivity index (χ3n) is 3.88. The zero-order valence-corrected chi connectivity index (χ0v) is 13.3. The van der Waals surface area contributed by atoms with Gasteiger partial charge in [-0.05, 0) is 46.0 Å². The standard InChI is InChI=1S/C13H27NS2/c1-9(15)13(10(2)16)7-11(3,4)14-12(5,6)8-13/h9-10,14-16H,7-8H2,1-6H3. The molecule has 0 amide bonds. The molecule has 0 spiro atoms. The third kappa shape index (κ3) is 2.91. The maximum absolute atomic E-state index is 4.75. The summed E-state index contributed by atoms with van der Waals surface area (Å²) in [5.74, 6) is 0. The van der Waals surface area contributed by atoms with Gasteiger partial charge in [0.25, 0.3) is 0 Å². The van der Waals surface area contributed by atoms with Crippen molar-refractivity contribution in [3.05, 3.63) is 0 Å². The van der Waals surface area contributed by atoms with Gasteiger partial charge >= 0.3 is 0 Å². The van der Waals surface area contributed by atoms with E-state index in [-0.39, 0.29) is 16.5 Å². The first-order chi connectivity index (χ1) is 7.01. The van der Waals surface area contributed by atoms with E-state index in [1.807, 2.05) is 0 Å². The van der Waals surface area contributed by atoms with E-state index in [0.29, 0.717) is 10.5 Å². The Morgan fingerprint density at radius 1 is 0.875 bits per heavy atom. The van der Waals surface area contributed by atoms with Gasteiger partial charge in [-0.3, -0.25) is 0 Å². The Bertz CT molecular complexity index is 231. The second kappa shape index (κ2) is 4.40. The predicted octanol–water partition coefficient (Wildman–Crippen LogP) is 3.55. The number of thiol groups is 2. The molecule has 1 saturated heterocycles. The van der Waals surface area contributed by atoms with Gasteiger partial charge in [0, 0.05) is 21.6 Å². The molecule has 96 valence electrons. The minimum atomic E-state index is 0.162. The van der Waals surface area contributed by atoms with Crippen molar-refractivity contribution in [2.45, 2.75) is 76.0 Å². The van der Waals surface area contributed by atoms with Crippen LogP contribution >= 0.6 is 25.3 Å². The second-order valence-corrected chi connectivity index (χ2v) is 8.38. The van der Waals surface area contributed by atoms with Crippen molar-refractivity contribution in [3.8, 4) is 0 Å². The van der Waals surface area contributed by atoms with Gasteiger partial charge < -0.3 is 5.32 Å². The van der Waals surface area contributed by atoms with E-state index in [9.17, 15) is 0 Å². The normalized spacial score (nSPS) is 30.8. The van der Waals surface area contributed by atoms with Gasteiger partial charge in [0.2, 0.25) is 0 Å². The van der Waals surface area contributed by atoms with E-state index in [1.165, 1.54) is 0 Å². The lowest BCUT2D eigenvalue weighted by molar-refractivity contribution is 0.0496. The first kappa shape index (κ1) is 14.7. The van der Waals surface area contributed by atoms with Gasteiger partial charge in [0.05, 0.1) is 0 Å². The van der Waals surface area contributed by atoms with Crippen LogP contribution < -0.4 is 5.32 Å². The quantitative estimate of drug-likeness (QED) is 0.646. The Balaban J connectivity index is 3.10. The molecule has 0 saturated carbocycles. The number of rotatable bonds is 2. The van der Waals surface area contributed by atoms with E-state index in [1.54, 1.807) is 0 Å². The van der Waals surface area contributed by atoms with E-state index >= 15 is 0 Å². The van der Waals surface area contributed by atoms with Crippen molar-refractivity contribution in [3.63, 3.8) is 0 Å². The van der Waals surface area contributed by atoms with Crippen LogP contribution in [0.2, 0.25) is 0 Å². The topological polar surface area (TPSA) is 12.0 Å². The van der Waals surface area contributed by atoms with E-state index in [2.05, 4.69) is 46.9 Å². The summed E-state index contributed by atoms with van der Waals surface area (Å²) in [4.78, 5) is 0. The lowest BCUT2D eigenvalue weighted by atomic mass is 9.62. The summed E-state index contributed by atoms with van der Waals surface area (Å²) < 4.78 is 0. The number of hydrogen-bond donors (Lipinski definition) is 3. The van der Waals surface area contributed by atoms with Crippen LogP contribution in [0.3, 0.4) is 0 Å². The van der Waals surface area contributed by atoms with Crippen molar-refractivity contribution in [2.75, 3.05) is 0 Å². The van der Waals surface area contributed by atoms with Crippen molar-refractivity contribution >= 4 is 25.3 Å². The Labute approximate surface area is 112 Å². The summed E-state index contributed by atoms with van der Waals surface area (Å²) in [6.45, 7) is 13.6. The molecule has 1 heterocycles. The van der Waals surface area contributed by atoms with Gasteiger partial charge in [-0.25, -0.2) is 0 Å². The Kier molecular flexibility index (Phi) is 4.05. The minimum Gasteiger partial charge on any atom is -0.307 e. The first-order valence-electron chi connectivity index (χ1n) is 6.16. The van der Waals surface area contributed by atoms with E-state index < -0.39 is 0 Å². The van der Waals surface area contributed by atoms with Crippen molar-refractivity contribution in [2.24, 2.45) is 5.41 Å². The van der Waals surface area contributed by atoms with Crippen LogP contribution in [0.1, 0.15) is 54.4 Å². The fraction of sp³-hybridized carbons (Fsp3) is 1.00. The predicted molar refractivity (Wildman–Crippen MR) is 79.9 cm³/mol. The molecule has 1 fully saturated rings. The fourth-order valence-corrected chi connectivity index (χ4v) is 4.58. The highest BCUT2D eigenvalue weighted by molar-refractivity contribution is 7.82. The lowest BCUT2D eigenvalue weighted by Gasteiger charge is -2.56. The molecule has 1 nitrogen and oxygen atoms in total. The Morgan fingerprint density at radius 2 is 1.19 bits per heavy atom. The molecule has 1 aliphatic rings. The van der Waals surface area contributed by atoms with Crippen LogP contribution in [-0.4, -0.2) is 21.6 Å². The SMILES string of the molecule is CC(S)C1(C(C)S)CC(C)(C)NC(C)(C)C1. The highest BCUT2D eigenvalue weighted by atomic mass is 32.1. The molecule has 0 aliphatic carbocycles. The molecule has 1 N–H and O–H groups in total. The molecule has 3 heteroatoms. The van der Waals surface area contributed by atoms with Crippen molar-refractivity contribution < 1.29 is 0 Å². The monoisotopic (exact) mass is 261 g/mol. The summed E-state index contributed by atoms with van der Waals surface area (Å²) in [5, 5.41) is 4.48. The molecule has 1 aliphatic heterocycles. The summed E-state index contributed by atoms with van der Waals surface area (Å²) in [6, 6.07) is 0. The van der Waals surface area contributed by atoms with Crippen LogP contribution in [0.4, 0.5) is 0 Å². The highest BCUT2D eigenvalue weighted by Crippen LogP contribution is 2.49. The molecule has 16 heavy (non-hydrogen) atoms. The summed E-state index contributed by atoms with van der Waals surface area (Å²) in [7, 11) is 0. The third-order valence-corrected chi connectivity index (χ3v) is 4.91. The van der Waals surface area contributed by atoms with Gasteiger partial charge in [0.1, 0.15) is 0 Å². The first-order valence-corrected chi connectivity index (χ1v) is 7.20. The second-order valence-electron chi connectivity index (χ2n) is 6.83. The van der Waals surface area contributed by atoms with Crippen LogP contribution in [0.25, 0.3) is 0 Å². The number of nitrogens with one attached hydrogen (secondary N) is 1. The average molecular weight is 262 g/mol. The average Bonchev–Trinajstić information content (AvgIpc) is 1.96. The van der Waals surface area contributed by atoms with Gasteiger partial charge in [-0.15, -0.1) is 0 Å². The lowest BCUT2D eigenvalue weighted by Crippen LogP contribution is -2.64. The zero-order valence-electron chi connectivity index (χ0n) is 11.5. The molecule has 0 aromatic carbocycles. The Hall–Kier alpha value is 0.660. The largest absolute Gasteiger partial charge is 0.307 e. The van der Waals surface area contributed by atoms with E-state index in [0.717, 1.165) is 12.8 Å². The molecule has 0 radical (unpaired) electrons. The van der Waals surface area contributed by atoms with Crippen LogP contribution in [0.15, 0.2) is 0 Å². The van der Waals surface area contributed by atoms with Crippen LogP contribution in [0.5, 0.6) is 0 Å². The van der Waals surface area contributed by atoms with Gasteiger partial charge in [-0.2, -0.15) is 25.3 Å². The van der Waals surface area contributed by atoms with Crippen LogP contribution in [-0.2, 0) is 0 Å². The maximum Gasteiger partial charge on any atom is 0.0136 e. The van der Waals surface area contributed by atoms with Crippen molar-refractivity contribution in [1.82, 2.24) is 5.32 Å². The smallest absolute Gasteiger partial charge is 0.0136 e. The molecule has 1 rings (SSSR count). The molecular formula is C13H27NS2. The van der Waals surface area contributed by atoms with Crippen LogP contribution in [0, 0.1) is 5.41 Å². The van der Waals surface area contributed by atoms with E-state index in [4.69, 9.17) is 25.3 Å². The van der Waals surface area contributed by atoms with Gasteiger partial charge in [0.15, 0.2) is 0 Å². The molecule has 0 bridgehead atoms.